The zero-order valence-electron chi connectivity index (χ0n) is 14.8. The fourth-order valence-electron chi connectivity index (χ4n) is 1.97. The molecule has 0 radical (unpaired) electrons. The van der Waals surface area contributed by atoms with Gasteiger partial charge in [-0.25, -0.2) is 15.0 Å². The van der Waals surface area contributed by atoms with Gasteiger partial charge in [-0.1, -0.05) is 12.1 Å². The largest absolute Gasteiger partial charge is 0.433 e. The molecule has 1 aliphatic heterocycles. The molecule has 1 aliphatic rings. The number of aliphatic imine (C=N–C) groups is 4. The van der Waals surface area contributed by atoms with Gasteiger partial charge >= 0.3 is 12.4 Å². The highest BCUT2D eigenvalue weighted by Crippen LogP contribution is 2.27. The van der Waals surface area contributed by atoms with Crippen LogP contribution < -0.4 is 5.32 Å². The molecule has 0 aliphatic carbocycles. The number of allylic oxidation sites excluding steroid dienone is 2. The Hall–Kier alpha value is -3.31. The van der Waals surface area contributed by atoms with E-state index in [0.717, 1.165) is 24.8 Å². The normalized spacial score (nSPS) is 16.2. The predicted octanol–water partition coefficient (Wildman–Crippen LogP) is 3.93. The van der Waals surface area contributed by atoms with E-state index in [1.165, 1.54) is 31.3 Å². The van der Waals surface area contributed by atoms with Crippen LogP contribution in [0.2, 0.25) is 0 Å². The van der Waals surface area contributed by atoms with Crippen LogP contribution in [0.5, 0.6) is 0 Å². The van der Waals surface area contributed by atoms with Crippen molar-refractivity contribution < 1.29 is 26.3 Å². The Kier molecular flexibility index (Phi) is 7.02. The van der Waals surface area contributed by atoms with Crippen molar-refractivity contribution in [2.45, 2.75) is 18.8 Å². The molecule has 0 aromatic carbocycles. The molecule has 2 rings (SSSR count). The van der Waals surface area contributed by atoms with Crippen LogP contribution in [0.25, 0.3) is 0 Å². The van der Waals surface area contributed by atoms with E-state index < -0.39 is 30.2 Å². The minimum Gasteiger partial charge on any atom is -0.325 e. The fourth-order valence-corrected chi connectivity index (χ4v) is 1.97. The number of aromatic nitrogens is 1. The van der Waals surface area contributed by atoms with Crippen molar-refractivity contribution in [3.63, 3.8) is 0 Å². The van der Waals surface area contributed by atoms with Crippen LogP contribution in [0.1, 0.15) is 17.8 Å². The van der Waals surface area contributed by atoms with Crippen molar-refractivity contribution in [3.8, 4) is 0 Å². The van der Waals surface area contributed by atoms with Crippen LogP contribution in [0.4, 0.5) is 26.3 Å². The zero-order valence-corrected chi connectivity index (χ0v) is 14.8. The molecular formula is C17H14F6N6. The molecule has 0 spiro atoms. The molecule has 6 nitrogen and oxygen atoms in total. The summed E-state index contributed by atoms with van der Waals surface area (Å²) in [6, 6.07) is 3.36. The van der Waals surface area contributed by atoms with Gasteiger partial charge < -0.3 is 5.32 Å². The van der Waals surface area contributed by atoms with Gasteiger partial charge in [0.15, 0.2) is 0 Å². The van der Waals surface area contributed by atoms with Crippen LogP contribution in [0.3, 0.4) is 0 Å². The van der Waals surface area contributed by atoms with Gasteiger partial charge in [-0.05, 0) is 18.2 Å². The lowest BCUT2D eigenvalue weighted by Crippen LogP contribution is -2.23. The Morgan fingerprint density at radius 1 is 1.14 bits per heavy atom. The topological polar surface area (TPSA) is 74.4 Å². The van der Waals surface area contributed by atoms with Gasteiger partial charge in [-0.2, -0.15) is 26.3 Å². The number of pyridine rings is 1. The standard InChI is InChI=1S/C17H14F6N6/c1-24-15(29-11-5-6-13(16(18,19)20)26-8-7-11)27-10-25-9-12-3-2-4-14(28-12)17(21,22)23/h2-5,7-10H,6H2,1H3,(H,24,29)/b25-9+,27-10-. The number of guanidine groups is 1. The summed E-state index contributed by atoms with van der Waals surface area (Å²) in [5.74, 6) is 0.0190. The summed E-state index contributed by atoms with van der Waals surface area (Å²) >= 11 is 0. The molecule has 0 saturated heterocycles. The quantitative estimate of drug-likeness (QED) is 0.461. The minimum atomic E-state index is -4.57. The van der Waals surface area contributed by atoms with E-state index in [9.17, 15) is 26.3 Å². The lowest BCUT2D eigenvalue weighted by atomic mass is 10.2. The molecule has 1 N–H and O–H groups in total. The average Bonchev–Trinajstić information content (AvgIpc) is 2.89. The molecule has 0 bridgehead atoms. The molecule has 1 aromatic rings. The number of hydrogen-bond acceptors (Lipinski definition) is 3. The van der Waals surface area contributed by atoms with Crippen molar-refractivity contribution in [1.82, 2.24) is 10.3 Å². The molecule has 2 heterocycles. The van der Waals surface area contributed by atoms with Gasteiger partial charge in [0.2, 0.25) is 5.96 Å². The third-order valence-corrected chi connectivity index (χ3v) is 3.31. The Morgan fingerprint density at radius 2 is 1.90 bits per heavy atom. The molecule has 0 saturated carbocycles. The molecule has 0 fully saturated rings. The van der Waals surface area contributed by atoms with Gasteiger partial charge in [-0.15, -0.1) is 0 Å². The summed E-state index contributed by atoms with van der Waals surface area (Å²) in [5, 5.41) is 2.69. The summed E-state index contributed by atoms with van der Waals surface area (Å²) in [5.41, 5.74) is -1.74. The molecule has 29 heavy (non-hydrogen) atoms. The fraction of sp³-hybridized carbons (Fsp3) is 0.235. The van der Waals surface area contributed by atoms with Crippen LogP contribution >= 0.6 is 0 Å². The molecule has 154 valence electrons. The minimum absolute atomic E-state index is 0.0190. The number of halogens is 6. The van der Waals surface area contributed by atoms with E-state index in [1.807, 2.05) is 0 Å². The van der Waals surface area contributed by atoms with E-state index in [-0.39, 0.29) is 17.4 Å². The average molecular weight is 416 g/mol. The van der Waals surface area contributed by atoms with Crippen molar-refractivity contribution in [2.75, 3.05) is 7.05 Å². The van der Waals surface area contributed by atoms with E-state index in [0.29, 0.717) is 0 Å². The summed E-state index contributed by atoms with van der Waals surface area (Å²) in [7, 11) is 1.39. The maximum absolute atomic E-state index is 12.7. The van der Waals surface area contributed by atoms with Gasteiger partial charge in [0, 0.05) is 25.4 Å². The van der Waals surface area contributed by atoms with Crippen molar-refractivity contribution >= 4 is 24.2 Å². The monoisotopic (exact) mass is 416 g/mol. The Bertz CT molecular complexity index is 906. The second-order valence-electron chi connectivity index (χ2n) is 5.39. The van der Waals surface area contributed by atoms with Crippen molar-refractivity contribution in [1.29, 1.82) is 0 Å². The number of alkyl halides is 6. The van der Waals surface area contributed by atoms with Crippen molar-refractivity contribution in [3.05, 3.63) is 53.6 Å². The molecule has 0 unspecified atom stereocenters. The number of nitrogens with one attached hydrogen (secondary N) is 1. The maximum Gasteiger partial charge on any atom is 0.433 e. The summed E-state index contributed by atoms with van der Waals surface area (Å²) < 4.78 is 75.8. The molecule has 0 atom stereocenters. The van der Waals surface area contributed by atoms with Gasteiger partial charge in [0.1, 0.15) is 17.7 Å². The van der Waals surface area contributed by atoms with E-state index in [1.54, 1.807) is 0 Å². The highest BCUT2D eigenvalue weighted by molar-refractivity contribution is 5.93. The number of hydrogen-bond donors (Lipinski definition) is 1. The first-order chi connectivity index (χ1) is 13.6. The third-order valence-electron chi connectivity index (χ3n) is 3.31. The van der Waals surface area contributed by atoms with Crippen LogP contribution in [0, 0.1) is 0 Å². The van der Waals surface area contributed by atoms with E-state index >= 15 is 0 Å². The highest BCUT2D eigenvalue weighted by Gasteiger charge is 2.34. The summed E-state index contributed by atoms with van der Waals surface area (Å²) in [6.45, 7) is 0. The first kappa shape index (κ1) is 22.0. The smallest absolute Gasteiger partial charge is 0.325 e. The van der Waals surface area contributed by atoms with Gasteiger partial charge in [0.05, 0.1) is 11.9 Å². The number of nitrogens with zero attached hydrogens (tertiary/aromatic N) is 5. The van der Waals surface area contributed by atoms with Crippen LogP contribution in [0.15, 0.2) is 62.2 Å². The molecule has 0 amide bonds. The third kappa shape index (κ3) is 6.97. The Balaban J connectivity index is 2.00. The second kappa shape index (κ2) is 9.26. The van der Waals surface area contributed by atoms with Gasteiger partial charge in [-0.3, -0.25) is 9.98 Å². The molecule has 12 heteroatoms. The van der Waals surface area contributed by atoms with Crippen LogP contribution in [-0.2, 0) is 6.18 Å². The first-order valence-corrected chi connectivity index (χ1v) is 7.94. The lowest BCUT2D eigenvalue weighted by molar-refractivity contribution is -0.141. The van der Waals surface area contributed by atoms with E-state index in [2.05, 4.69) is 30.3 Å². The SMILES string of the molecule is C\N=C(/N=C\N=C\c1cccc(C(F)(F)F)n1)NC1=CCC(C(F)(F)F)=NC=C1. The lowest BCUT2D eigenvalue weighted by Gasteiger charge is -2.07. The number of rotatable bonds is 3. The van der Waals surface area contributed by atoms with Gasteiger partial charge in [0.25, 0.3) is 0 Å². The summed E-state index contributed by atoms with van der Waals surface area (Å²) in [6.07, 6.45) is -3.86. The first-order valence-electron chi connectivity index (χ1n) is 7.94. The van der Waals surface area contributed by atoms with Crippen LogP contribution in [-0.4, -0.2) is 42.4 Å². The Labute approximate surface area is 161 Å². The van der Waals surface area contributed by atoms with Crippen molar-refractivity contribution in [2.24, 2.45) is 20.0 Å². The zero-order chi connectivity index (χ0) is 21.5. The Morgan fingerprint density at radius 3 is 2.55 bits per heavy atom. The predicted molar refractivity (Wildman–Crippen MR) is 97.1 cm³/mol. The summed E-state index contributed by atoms with van der Waals surface area (Å²) in [4.78, 5) is 18.1. The van der Waals surface area contributed by atoms with E-state index in [4.69, 9.17) is 0 Å². The highest BCUT2D eigenvalue weighted by atomic mass is 19.4. The molecular weight excluding hydrogens is 402 g/mol. The maximum atomic E-state index is 12.7. The second-order valence-corrected chi connectivity index (χ2v) is 5.39. The molecule has 1 aromatic heterocycles.